The van der Waals surface area contributed by atoms with Crippen molar-refractivity contribution >= 4 is 22.8 Å². The lowest BCUT2D eigenvalue weighted by Crippen LogP contribution is -2.25. The van der Waals surface area contributed by atoms with Gasteiger partial charge in [-0.1, -0.05) is 23.9 Å². The number of carbonyl (C=O) groups is 2. The molecule has 0 N–H and O–H groups in total. The maximum atomic E-state index is 12.1. The van der Waals surface area contributed by atoms with Crippen molar-refractivity contribution in [1.82, 2.24) is 4.90 Å². The monoisotopic (exact) mass is 323 g/mol. The number of nitrogens with zero attached hydrogens (tertiary/aromatic N) is 1. The Kier molecular flexibility index (Phi) is 5.71. The van der Waals surface area contributed by atoms with Gasteiger partial charge in [-0.3, -0.25) is 9.59 Å². The second-order valence-corrected chi connectivity index (χ2v) is 6.50. The van der Waals surface area contributed by atoms with E-state index in [-0.39, 0.29) is 16.9 Å². The van der Waals surface area contributed by atoms with E-state index in [2.05, 4.69) is 0 Å². The van der Waals surface area contributed by atoms with Gasteiger partial charge in [-0.25, -0.2) is 0 Å². The van der Waals surface area contributed by atoms with Crippen molar-refractivity contribution in [2.45, 2.75) is 19.9 Å². The number of ether oxygens (including phenoxy) is 2. The van der Waals surface area contributed by atoms with E-state index in [1.807, 2.05) is 23.1 Å². The van der Waals surface area contributed by atoms with Gasteiger partial charge in [-0.15, -0.1) is 0 Å². The van der Waals surface area contributed by atoms with E-state index in [1.165, 1.54) is 11.8 Å². The van der Waals surface area contributed by atoms with Crippen LogP contribution in [0.25, 0.3) is 0 Å². The number of rotatable bonds is 6. The third-order valence-corrected chi connectivity index (χ3v) is 4.71. The summed E-state index contributed by atoms with van der Waals surface area (Å²) in [5.41, 5.74) is 0.926. The van der Waals surface area contributed by atoms with Crippen LogP contribution < -0.4 is 9.47 Å². The normalized spacial score (nSPS) is 17.7. The van der Waals surface area contributed by atoms with Gasteiger partial charge in [0.25, 0.3) is 0 Å². The van der Waals surface area contributed by atoms with E-state index in [0.29, 0.717) is 36.8 Å². The quantitative estimate of drug-likeness (QED) is 0.804. The molecular formula is C16H21NO4S. The molecule has 6 heteroatoms. The molecule has 1 fully saturated rings. The zero-order chi connectivity index (χ0) is 16.1. The number of methoxy groups -OCH3 is 2. The zero-order valence-corrected chi connectivity index (χ0v) is 13.9. The molecule has 1 aliphatic rings. The molecule has 1 aromatic carbocycles. The number of likely N-dealkylation sites (tertiary alicyclic amines) is 1. The Bertz CT molecular complexity index is 561. The highest BCUT2D eigenvalue weighted by Crippen LogP contribution is 2.33. The second kappa shape index (κ2) is 7.54. The lowest BCUT2D eigenvalue weighted by Gasteiger charge is -2.19. The second-order valence-electron chi connectivity index (χ2n) is 5.30. The topological polar surface area (TPSA) is 55.8 Å². The molecule has 1 aliphatic heterocycles. The van der Waals surface area contributed by atoms with Crippen LogP contribution >= 0.6 is 11.8 Å². The summed E-state index contributed by atoms with van der Waals surface area (Å²) in [4.78, 5) is 25.0. The molecule has 1 heterocycles. The van der Waals surface area contributed by atoms with Crippen molar-refractivity contribution in [3.8, 4) is 11.5 Å². The summed E-state index contributed by atoms with van der Waals surface area (Å²) in [5, 5.41) is 0.0976. The minimum absolute atomic E-state index is 0.0976. The van der Waals surface area contributed by atoms with E-state index in [9.17, 15) is 9.59 Å². The molecule has 1 aromatic rings. The molecule has 120 valence electrons. The van der Waals surface area contributed by atoms with Gasteiger partial charge in [-0.2, -0.15) is 0 Å². The summed E-state index contributed by atoms with van der Waals surface area (Å²) in [7, 11) is 3.19. The molecule has 1 amide bonds. The minimum atomic E-state index is 0.0976. The first-order valence-electron chi connectivity index (χ1n) is 7.16. The number of benzene rings is 1. The van der Waals surface area contributed by atoms with E-state index in [4.69, 9.17) is 9.47 Å². The number of thioether (sulfide) groups is 1. The average Bonchev–Trinajstić information content (AvgIpc) is 2.85. The van der Waals surface area contributed by atoms with Gasteiger partial charge in [0.15, 0.2) is 16.6 Å². The first-order chi connectivity index (χ1) is 10.5. The van der Waals surface area contributed by atoms with Crippen LogP contribution in [0.2, 0.25) is 0 Å². The van der Waals surface area contributed by atoms with Crippen molar-refractivity contribution in [2.75, 3.05) is 26.5 Å². The highest BCUT2D eigenvalue weighted by atomic mass is 32.2. The number of para-hydroxylation sites is 1. The summed E-state index contributed by atoms with van der Waals surface area (Å²) in [6.07, 6.45) is 0.507. The summed E-state index contributed by atoms with van der Waals surface area (Å²) < 4.78 is 10.7. The smallest absolute Gasteiger partial charge is 0.223 e. The first-order valence-corrected chi connectivity index (χ1v) is 8.14. The predicted molar refractivity (Wildman–Crippen MR) is 86.2 cm³/mol. The first kappa shape index (κ1) is 16.7. The molecule has 0 aromatic heterocycles. The van der Waals surface area contributed by atoms with Crippen molar-refractivity contribution in [1.29, 1.82) is 0 Å². The van der Waals surface area contributed by atoms with Gasteiger partial charge in [0.05, 0.1) is 14.2 Å². The molecule has 1 saturated heterocycles. The van der Waals surface area contributed by atoms with Gasteiger partial charge in [-0.05, 0) is 12.0 Å². The molecule has 0 bridgehead atoms. The van der Waals surface area contributed by atoms with Crippen LogP contribution in [0.4, 0.5) is 0 Å². The number of hydrogen-bond acceptors (Lipinski definition) is 5. The molecule has 1 unspecified atom stereocenters. The lowest BCUT2D eigenvalue weighted by atomic mass is 10.1. The zero-order valence-electron chi connectivity index (χ0n) is 13.1. The SMILES string of the molecule is COc1cccc(CN2CC(CSC(C)=O)CC2=O)c1OC. The van der Waals surface area contributed by atoms with Crippen molar-refractivity contribution in [3.05, 3.63) is 23.8 Å². The van der Waals surface area contributed by atoms with E-state index in [1.54, 1.807) is 21.1 Å². The number of carbonyl (C=O) groups excluding carboxylic acids is 2. The van der Waals surface area contributed by atoms with Crippen LogP contribution in [-0.4, -0.2) is 42.4 Å². The molecule has 2 rings (SSSR count). The Morgan fingerprint density at radius 1 is 1.36 bits per heavy atom. The van der Waals surface area contributed by atoms with E-state index in [0.717, 1.165) is 5.56 Å². The predicted octanol–water partition coefficient (Wildman–Crippen LogP) is 2.33. The summed E-state index contributed by atoms with van der Waals surface area (Å²) in [6, 6.07) is 5.66. The molecule has 0 radical (unpaired) electrons. The van der Waals surface area contributed by atoms with Gasteiger partial charge < -0.3 is 14.4 Å². The maximum Gasteiger partial charge on any atom is 0.223 e. The largest absolute Gasteiger partial charge is 0.493 e. The van der Waals surface area contributed by atoms with Crippen LogP contribution in [0.3, 0.4) is 0 Å². The van der Waals surface area contributed by atoms with Crippen LogP contribution in [0.15, 0.2) is 18.2 Å². The van der Waals surface area contributed by atoms with Crippen molar-refractivity contribution < 1.29 is 19.1 Å². The number of hydrogen-bond donors (Lipinski definition) is 0. The van der Waals surface area contributed by atoms with Crippen molar-refractivity contribution in [2.24, 2.45) is 5.92 Å². The summed E-state index contributed by atoms with van der Waals surface area (Å²) in [6.45, 7) is 2.74. The van der Waals surface area contributed by atoms with Crippen LogP contribution in [-0.2, 0) is 16.1 Å². The van der Waals surface area contributed by atoms with Gasteiger partial charge in [0.1, 0.15) is 0 Å². The molecule has 0 aliphatic carbocycles. The van der Waals surface area contributed by atoms with Crippen LogP contribution in [0, 0.1) is 5.92 Å². The Labute approximate surface area is 135 Å². The maximum absolute atomic E-state index is 12.1. The summed E-state index contributed by atoms with van der Waals surface area (Å²) >= 11 is 1.29. The number of amides is 1. The third kappa shape index (κ3) is 3.94. The third-order valence-electron chi connectivity index (χ3n) is 3.66. The Morgan fingerprint density at radius 2 is 2.14 bits per heavy atom. The van der Waals surface area contributed by atoms with E-state index < -0.39 is 0 Å². The van der Waals surface area contributed by atoms with Crippen molar-refractivity contribution in [3.63, 3.8) is 0 Å². The van der Waals surface area contributed by atoms with Gasteiger partial charge >= 0.3 is 0 Å². The van der Waals surface area contributed by atoms with E-state index >= 15 is 0 Å². The Balaban J connectivity index is 2.05. The Morgan fingerprint density at radius 3 is 2.77 bits per heavy atom. The lowest BCUT2D eigenvalue weighted by molar-refractivity contribution is -0.128. The standard InChI is InChI=1S/C16H21NO4S/c1-11(18)22-10-12-7-15(19)17(8-12)9-13-5-4-6-14(20-2)16(13)21-3/h4-6,12H,7-10H2,1-3H3. The molecule has 0 spiro atoms. The molecule has 5 nitrogen and oxygen atoms in total. The average molecular weight is 323 g/mol. The molecule has 0 saturated carbocycles. The van der Waals surface area contributed by atoms with Gasteiger partial charge in [0, 0.05) is 37.8 Å². The fourth-order valence-electron chi connectivity index (χ4n) is 2.64. The van der Waals surface area contributed by atoms with Crippen LogP contribution in [0.5, 0.6) is 11.5 Å². The highest BCUT2D eigenvalue weighted by Gasteiger charge is 2.30. The van der Waals surface area contributed by atoms with Gasteiger partial charge in [0.2, 0.25) is 5.91 Å². The summed E-state index contributed by atoms with van der Waals surface area (Å²) in [5.74, 6) is 2.39. The molecule has 22 heavy (non-hydrogen) atoms. The Hall–Kier alpha value is -1.69. The fraction of sp³-hybridized carbons (Fsp3) is 0.500. The van der Waals surface area contributed by atoms with Crippen LogP contribution in [0.1, 0.15) is 18.9 Å². The highest BCUT2D eigenvalue weighted by molar-refractivity contribution is 8.13. The fourth-order valence-corrected chi connectivity index (χ4v) is 3.33. The molecule has 1 atom stereocenters. The molecular weight excluding hydrogens is 302 g/mol. The minimum Gasteiger partial charge on any atom is -0.493 e.